The first-order valence-electron chi connectivity index (χ1n) is 5.27. The van der Waals surface area contributed by atoms with Crippen molar-refractivity contribution >= 4 is 5.97 Å². The van der Waals surface area contributed by atoms with E-state index in [0.717, 1.165) is 26.1 Å². The molecule has 1 aliphatic carbocycles. The van der Waals surface area contributed by atoms with E-state index in [4.69, 9.17) is 9.84 Å². The summed E-state index contributed by atoms with van der Waals surface area (Å²) in [6.45, 7) is 5.78. The molecule has 14 heavy (non-hydrogen) atoms. The highest BCUT2D eigenvalue weighted by molar-refractivity contribution is 5.68. The van der Waals surface area contributed by atoms with Crippen LogP contribution >= 0.6 is 0 Å². The molecule has 0 aromatic carbocycles. The van der Waals surface area contributed by atoms with Crippen LogP contribution < -0.4 is 0 Å². The average Bonchev–Trinajstić information content (AvgIpc) is 2.26. The molecule has 2 rings (SSSR count). The van der Waals surface area contributed by atoms with E-state index in [1.165, 1.54) is 0 Å². The van der Waals surface area contributed by atoms with Gasteiger partial charge in [0.15, 0.2) is 0 Å². The Morgan fingerprint density at radius 3 is 2.86 bits per heavy atom. The maximum atomic E-state index is 10.9. The molecule has 1 saturated heterocycles. The van der Waals surface area contributed by atoms with Crippen LogP contribution in [0.25, 0.3) is 0 Å². The van der Waals surface area contributed by atoms with Crippen LogP contribution in [-0.4, -0.2) is 24.3 Å². The van der Waals surface area contributed by atoms with Crippen LogP contribution in [-0.2, 0) is 9.53 Å². The minimum Gasteiger partial charge on any atom is -0.481 e. The molecule has 0 spiro atoms. The van der Waals surface area contributed by atoms with E-state index in [9.17, 15) is 4.79 Å². The number of fused-ring (bicyclic) bond motifs is 2. The quantitative estimate of drug-likeness (QED) is 0.737. The van der Waals surface area contributed by atoms with Crippen LogP contribution in [0.4, 0.5) is 0 Å². The number of aliphatic carboxylic acids is 1. The van der Waals surface area contributed by atoms with Crippen molar-refractivity contribution in [3.8, 4) is 0 Å². The van der Waals surface area contributed by atoms with Gasteiger partial charge in [-0.2, -0.15) is 0 Å². The van der Waals surface area contributed by atoms with Gasteiger partial charge in [-0.1, -0.05) is 13.8 Å². The summed E-state index contributed by atoms with van der Waals surface area (Å²) in [5.74, 6) is -0.232. The molecule has 0 aromatic heterocycles. The second-order valence-corrected chi connectivity index (χ2v) is 5.30. The Morgan fingerprint density at radius 2 is 2.29 bits per heavy atom. The van der Waals surface area contributed by atoms with E-state index < -0.39 is 5.97 Å². The predicted molar refractivity (Wildman–Crippen MR) is 52.0 cm³/mol. The zero-order chi connectivity index (χ0) is 10.4. The molecule has 2 bridgehead atoms. The van der Waals surface area contributed by atoms with Gasteiger partial charge < -0.3 is 9.84 Å². The summed E-state index contributed by atoms with van der Waals surface area (Å²) in [4.78, 5) is 10.9. The van der Waals surface area contributed by atoms with Crippen molar-refractivity contribution in [1.82, 2.24) is 0 Å². The Bertz CT molecular complexity index is 259. The van der Waals surface area contributed by atoms with Crippen LogP contribution in [0.3, 0.4) is 0 Å². The molecule has 0 aromatic rings. The maximum Gasteiger partial charge on any atom is 0.303 e. The van der Waals surface area contributed by atoms with E-state index >= 15 is 0 Å². The largest absolute Gasteiger partial charge is 0.481 e. The lowest BCUT2D eigenvalue weighted by atomic mass is 9.62. The van der Waals surface area contributed by atoms with Crippen molar-refractivity contribution in [1.29, 1.82) is 0 Å². The van der Waals surface area contributed by atoms with Crippen molar-refractivity contribution < 1.29 is 14.6 Å². The number of ether oxygens (including phenoxy) is 1. The zero-order valence-electron chi connectivity index (χ0n) is 8.88. The second-order valence-electron chi connectivity index (χ2n) is 5.30. The monoisotopic (exact) mass is 198 g/mol. The van der Waals surface area contributed by atoms with Gasteiger partial charge in [0.05, 0.1) is 13.0 Å². The minimum absolute atomic E-state index is 0.0584. The molecule has 3 atom stereocenters. The molecular weight excluding hydrogens is 180 g/mol. The average molecular weight is 198 g/mol. The van der Waals surface area contributed by atoms with Gasteiger partial charge in [-0.3, -0.25) is 4.79 Å². The van der Waals surface area contributed by atoms with Crippen LogP contribution in [0, 0.1) is 16.7 Å². The molecule has 1 aliphatic heterocycles. The van der Waals surface area contributed by atoms with Crippen molar-refractivity contribution in [3.05, 3.63) is 0 Å². The lowest BCUT2D eigenvalue weighted by molar-refractivity contribution is -0.150. The number of hydrogen-bond donors (Lipinski definition) is 1. The number of carbonyl (C=O) groups is 1. The molecule has 2 fully saturated rings. The first-order valence-corrected chi connectivity index (χ1v) is 5.27. The van der Waals surface area contributed by atoms with E-state index in [-0.39, 0.29) is 17.3 Å². The molecule has 2 aliphatic rings. The minimum atomic E-state index is -0.674. The summed E-state index contributed by atoms with van der Waals surface area (Å²) in [7, 11) is 0. The first-order chi connectivity index (χ1) is 6.48. The van der Waals surface area contributed by atoms with Crippen molar-refractivity contribution in [2.24, 2.45) is 16.7 Å². The number of rotatable bonds is 2. The fraction of sp³-hybridized carbons (Fsp3) is 0.909. The van der Waals surface area contributed by atoms with Gasteiger partial charge in [0.25, 0.3) is 0 Å². The summed E-state index contributed by atoms with van der Waals surface area (Å²) in [5.41, 5.74) is 0.0192. The maximum absolute atomic E-state index is 10.9. The molecule has 1 N–H and O–H groups in total. The number of hydrogen-bond acceptors (Lipinski definition) is 2. The summed E-state index contributed by atoms with van der Waals surface area (Å²) >= 11 is 0. The highest BCUT2D eigenvalue weighted by atomic mass is 16.5. The fourth-order valence-corrected chi connectivity index (χ4v) is 3.19. The van der Waals surface area contributed by atoms with Crippen LogP contribution in [0.1, 0.15) is 33.1 Å². The molecule has 0 amide bonds. The van der Waals surface area contributed by atoms with Gasteiger partial charge in [0.1, 0.15) is 0 Å². The van der Waals surface area contributed by atoms with Crippen molar-refractivity contribution in [3.63, 3.8) is 0 Å². The second kappa shape index (κ2) is 2.96. The summed E-state index contributed by atoms with van der Waals surface area (Å²) in [6.07, 6.45) is 2.53. The standard InChI is InChI=1S/C11H18O3/c1-10-4-3-8(6-14-7-10)11(10,2)5-9(12)13/h8H,3-7H2,1-2H3,(H,12,13)/t8-,10+,11-/m1/s1. The van der Waals surface area contributed by atoms with E-state index in [1.807, 2.05) is 0 Å². The lowest BCUT2D eigenvalue weighted by Crippen LogP contribution is -2.47. The van der Waals surface area contributed by atoms with Gasteiger partial charge >= 0.3 is 5.97 Å². The normalized spacial score (nSPS) is 46.6. The van der Waals surface area contributed by atoms with E-state index in [0.29, 0.717) is 5.92 Å². The SMILES string of the molecule is C[C@]12CC[C@H](COC1)[C@@]2(C)CC(=O)O. The van der Waals surface area contributed by atoms with E-state index in [2.05, 4.69) is 13.8 Å². The summed E-state index contributed by atoms with van der Waals surface area (Å²) in [5, 5.41) is 8.97. The predicted octanol–water partition coefficient (Wildman–Crippen LogP) is 1.91. The third kappa shape index (κ3) is 1.18. The Morgan fingerprint density at radius 1 is 1.57 bits per heavy atom. The molecule has 0 radical (unpaired) electrons. The molecule has 80 valence electrons. The number of carboxylic acids is 1. The molecule has 3 nitrogen and oxygen atoms in total. The van der Waals surface area contributed by atoms with Crippen LogP contribution in [0.2, 0.25) is 0 Å². The molecular formula is C11H18O3. The fourth-order valence-electron chi connectivity index (χ4n) is 3.19. The first kappa shape index (κ1) is 9.97. The topological polar surface area (TPSA) is 46.5 Å². The molecule has 3 heteroatoms. The third-order valence-corrected chi connectivity index (χ3v) is 4.58. The van der Waals surface area contributed by atoms with Gasteiger partial charge in [-0.05, 0) is 29.6 Å². The highest BCUT2D eigenvalue weighted by Gasteiger charge is 2.57. The van der Waals surface area contributed by atoms with Crippen molar-refractivity contribution in [2.75, 3.05) is 13.2 Å². The van der Waals surface area contributed by atoms with Crippen molar-refractivity contribution in [2.45, 2.75) is 33.1 Å². The lowest BCUT2D eigenvalue weighted by Gasteiger charge is -2.47. The molecule has 1 saturated carbocycles. The van der Waals surface area contributed by atoms with E-state index in [1.54, 1.807) is 0 Å². The Balaban J connectivity index is 2.28. The van der Waals surface area contributed by atoms with Gasteiger partial charge in [0.2, 0.25) is 0 Å². The Labute approximate surface area is 84.4 Å². The van der Waals surface area contributed by atoms with Crippen LogP contribution in [0.5, 0.6) is 0 Å². The highest BCUT2D eigenvalue weighted by Crippen LogP contribution is 2.60. The molecule has 0 unspecified atom stereocenters. The Kier molecular flexibility index (Phi) is 2.11. The van der Waals surface area contributed by atoms with Gasteiger partial charge in [0, 0.05) is 6.61 Å². The summed E-state index contributed by atoms with van der Waals surface area (Å²) in [6, 6.07) is 0. The van der Waals surface area contributed by atoms with Crippen LogP contribution in [0.15, 0.2) is 0 Å². The number of carboxylic acid groups (broad SMARTS) is 1. The smallest absolute Gasteiger partial charge is 0.303 e. The zero-order valence-corrected chi connectivity index (χ0v) is 8.88. The Hall–Kier alpha value is -0.570. The third-order valence-electron chi connectivity index (χ3n) is 4.58. The molecule has 1 heterocycles. The van der Waals surface area contributed by atoms with Gasteiger partial charge in [-0.15, -0.1) is 0 Å². The van der Waals surface area contributed by atoms with Gasteiger partial charge in [-0.25, -0.2) is 0 Å². The summed E-state index contributed by atoms with van der Waals surface area (Å²) < 4.78 is 5.54.